The number of imide groups is 1. The predicted molar refractivity (Wildman–Crippen MR) is 147 cm³/mol. The lowest BCUT2D eigenvalue weighted by atomic mass is 10.1. The summed E-state index contributed by atoms with van der Waals surface area (Å²) in [5.41, 5.74) is 2.07. The number of hydrogen-bond acceptors (Lipinski definition) is 7. The quantitative estimate of drug-likeness (QED) is 0.250. The summed E-state index contributed by atoms with van der Waals surface area (Å²) >= 11 is 19.7. The van der Waals surface area contributed by atoms with E-state index in [0.29, 0.717) is 55.8 Å². The van der Waals surface area contributed by atoms with E-state index in [1.807, 2.05) is 19.1 Å². The molecular formula is C27H20Cl3NO6S. The lowest BCUT2D eigenvalue weighted by Crippen LogP contribution is -2.27. The van der Waals surface area contributed by atoms with Crippen LogP contribution in [-0.4, -0.2) is 29.4 Å². The summed E-state index contributed by atoms with van der Waals surface area (Å²) < 4.78 is 22.4. The molecule has 0 N–H and O–H groups in total. The number of ether oxygens (including phenoxy) is 4. The molecule has 2 amide bonds. The fourth-order valence-electron chi connectivity index (χ4n) is 3.85. The summed E-state index contributed by atoms with van der Waals surface area (Å²) in [5.74, 6) is 1.40. The zero-order valence-electron chi connectivity index (χ0n) is 20.0. The predicted octanol–water partition coefficient (Wildman–Crippen LogP) is 7.59. The molecule has 0 aliphatic carbocycles. The lowest BCUT2D eigenvalue weighted by molar-refractivity contribution is -0.123. The Hall–Kier alpha value is -3.04. The molecule has 0 unspecified atom stereocenters. The molecule has 7 nitrogen and oxygen atoms in total. The van der Waals surface area contributed by atoms with Crippen molar-refractivity contribution in [2.24, 2.45) is 0 Å². The van der Waals surface area contributed by atoms with Crippen LogP contribution in [-0.2, 0) is 17.9 Å². The maximum atomic E-state index is 13.1. The zero-order valence-corrected chi connectivity index (χ0v) is 23.0. The van der Waals surface area contributed by atoms with Gasteiger partial charge in [0.25, 0.3) is 11.1 Å². The first-order valence-corrected chi connectivity index (χ1v) is 13.4. The first kappa shape index (κ1) is 26.6. The number of thioether (sulfide) groups is 1. The fourth-order valence-corrected chi connectivity index (χ4v) is 5.30. The third kappa shape index (κ3) is 5.68. The molecule has 2 aliphatic rings. The van der Waals surface area contributed by atoms with E-state index in [2.05, 4.69) is 0 Å². The molecule has 5 rings (SSSR count). The van der Waals surface area contributed by atoms with E-state index in [0.717, 1.165) is 22.2 Å². The summed E-state index contributed by atoms with van der Waals surface area (Å²) in [5, 5.41) is 0.908. The molecule has 0 spiro atoms. The number of hydrogen-bond donors (Lipinski definition) is 0. The van der Waals surface area contributed by atoms with Crippen molar-refractivity contribution >= 4 is 63.8 Å². The minimum atomic E-state index is -0.439. The van der Waals surface area contributed by atoms with Crippen molar-refractivity contribution in [2.75, 3.05) is 13.4 Å². The van der Waals surface area contributed by atoms with Crippen LogP contribution in [0.5, 0.6) is 23.0 Å². The summed E-state index contributed by atoms with van der Waals surface area (Å²) in [6, 6.07) is 13.9. The van der Waals surface area contributed by atoms with E-state index in [1.165, 1.54) is 0 Å². The van der Waals surface area contributed by atoms with E-state index in [1.54, 1.807) is 42.5 Å². The van der Waals surface area contributed by atoms with Gasteiger partial charge in [0, 0.05) is 16.1 Å². The first-order valence-electron chi connectivity index (χ1n) is 11.5. The van der Waals surface area contributed by atoms with Gasteiger partial charge in [0.1, 0.15) is 6.61 Å². The highest BCUT2D eigenvalue weighted by atomic mass is 35.5. The van der Waals surface area contributed by atoms with Crippen LogP contribution in [0.1, 0.15) is 23.6 Å². The molecule has 1 fully saturated rings. The highest BCUT2D eigenvalue weighted by Gasteiger charge is 2.36. The van der Waals surface area contributed by atoms with Gasteiger partial charge in [0.05, 0.1) is 23.1 Å². The summed E-state index contributed by atoms with van der Waals surface area (Å²) in [6.45, 7) is 2.58. The van der Waals surface area contributed by atoms with Gasteiger partial charge in [-0.25, -0.2) is 0 Å². The van der Waals surface area contributed by atoms with E-state index >= 15 is 0 Å². The molecule has 0 aromatic heterocycles. The molecule has 0 atom stereocenters. The van der Waals surface area contributed by atoms with Gasteiger partial charge >= 0.3 is 0 Å². The van der Waals surface area contributed by atoms with Gasteiger partial charge in [0.15, 0.2) is 23.0 Å². The van der Waals surface area contributed by atoms with Crippen LogP contribution in [0, 0.1) is 0 Å². The van der Waals surface area contributed by atoms with Crippen LogP contribution < -0.4 is 18.9 Å². The van der Waals surface area contributed by atoms with E-state index in [-0.39, 0.29) is 24.8 Å². The Balaban J connectivity index is 1.35. The van der Waals surface area contributed by atoms with E-state index < -0.39 is 11.1 Å². The number of carbonyl (C=O) groups is 2. The van der Waals surface area contributed by atoms with E-state index in [4.69, 9.17) is 53.8 Å². The Labute approximate surface area is 238 Å². The van der Waals surface area contributed by atoms with Crippen LogP contribution in [0.25, 0.3) is 6.08 Å². The molecule has 196 valence electrons. The standard InChI is InChI=1S/C27H20Cl3NO6S/c1-2-34-23-8-16(7-20(30)25(23)35-13-15-3-5-18(28)6-4-15)9-24-26(32)31(27(33)38-24)12-17-10-21-22(11-19(17)29)37-14-36-21/h3-11H,2,12-14H2,1H3/b24-9+. The van der Waals surface area contributed by atoms with Crippen molar-refractivity contribution in [3.63, 3.8) is 0 Å². The van der Waals surface area contributed by atoms with Crippen molar-refractivity contribution < 1.29 is 28.5 Å². The molecule has 2 heterocycles. The van der Waals surface area contributed by atoms with Crippen molar-refractivity contribution in [3.05, 3.63) is 85.2 Å². The van der Waals surface area contributed by atoms with Crippen LogP contribution in [0.2, 0.25) is 15.1 Å². The second-order valence-corrected chi connectivity index (χ2v) is 10.5. The van der Waals surface area contributed by atoms with Crippen molar-refractivity contribution in [1.82, 2.24) is 4.90 Å². The number of halogens is 3. The summed E-state index contributed by atoms with van der Waals surface area (Å²) in [6.07, 6.45) is 1.60. The number of benzene rings is 3. The normalized spacial score (nSPS) is 15.5. The maximum absolute atomic E-state index is 13.1. The summed E-state index contributed by atoms with van der Waals surface area (Å²) in [4.78, 5) is 27.2. The Morgan fingerprint density at radius 1 is 0.974 bits per heavy atom. The Bertz CT molecular complexity index is 1440. The highest BCUT2D eigenvalue weighted by molar-refractivity contribution is 8.18. The third-order valence-electron chi connectivity index (χ3n) is 5.67. The number of fused-ring (bicyclic) bond motifs is 1. The minimum absolute atomic E-state index is 0.0000914. The van der Waals surface area contributed by atoms with Crippen molar-refractivity contribution in [1.29, 1.82) is 0 Å². The molecular weight excluding hydrogens is 573 g/mol. The van der Waals surface area contributed by atoms with Crippen molar-refractivity contribution in [2.45, 2.75) is 20.1 Å². The molecule has 0 bridgehead atoms. The molecule has 1 saturated heterocycles. The Kier molecular flexibility index (Phi) is 7.95. The first-order chi connectivity index (χ1) is 18.3. The number of rotatable bonds is 8. The SMILES string of the molecule is CCOc1cc(/C=C2/SC(=O)N(Cc3cc4c(cc3Cl)OCO4)C2=O)cc(Cl)c1OCc1ccc(Cl)cc1. The highest BCUT2D eigenvalue weighted by Crippen LogP contribution is 2.41. The zero-order chi connectivity index (χ0) is 26.8. The van der Waals surface area contributed by atoms with E-state index in [9.17, 15) is 9.59 Å². The fraction of sp³-hybridized carbons (Fsp3) is 0.185. The molecule has 3 aromatic rings. The molecule has 2 aliphatic heterocycles. The third-order valence-corrected chi connectivity index (χ3v) is 7.46. The number of nitrogens with zero attached hydrogens (tertiary/aromatic N) is 1. The van der Waals surface area contributed by atoms with Gasteiger partial charge in [-0.1, -0.05) is 46.9 Å². The smallest absolute Gasteiger partial charge is 0.293 e. The van der Waals surface area contributed by atoms with Crippen LogP contribution in [0.4, 0.5) is 4.79 Å². The molecule has 11 heteroatoms. The average molecular weight is 593 g/mol. The Morgan fingerprint density at radius 2 is 1.71 bits per heavy atom. The topological polar surface area (TPSA) is 74.3 Å². The maximum Gasteiger partial charge on any atom is 0.293 e. The van der Waals surface area contributed by atoms with Gasteiger partial charge in [-0.2, -0.15) is 0 Å². The minimum Gasteiger partial charge on any atom is -0.490 e. The largest absolute Gasteiger partial charge is 0.490 e. The molecule has 3 aromatic carbocycles. The molecule has 0 radical (unpaired) electrons. The van der Waals surface area contributed by atoms with Crippen molar-refractivity contribution in [3.8, 4) is 23.0 Å². The van der Waals surface area contributed by atoms with Gasteiger partial charge in [-0.05, 0) is 71.8 Å². The van der Waals surface area contributed by atoms with Gasteiger partial charge < -0.3 is 18.9 Å². The molecule has 0 saturated carbocycles. The Morgan fingerprint density at radius 3 is 2.45 bits per heavy atom. The van der Waals surface area contributed by atoms with Gasteiger partial charge in [-0.15, -0.1) is 0 Å². The molecule has 38 heavy (non-hydrogen) atoms. The number of amides is 2. The second-order valence-electron chi connectivity index (χ2n) is 8.24. The second kappa shape index (κ2) is 11.4. The van der Waals surface area contributed by atoms with Gasteiger partial charge in [0.2, 0.25) is 6.79 Å². The van der Waals surface area contributed by atoms with Crippen LogP contribution >= 0.6 is 46.6 Å². The van der Waals surface area contributed by atoms with Gasteiger partial charge in [-0.3, -0.25) is 14.5 Å². The monoisotopic (exact) mass is 591 g/mol. The average Bonchev–Trinajstić information content (AvgIpc) is 3.44. The van der Waals surface area contributed by atoms with Crippen LogP contribution in [0.3, 0.4) is 0 Å². The number of carbonyl (C=O) groups excluding carboxylic acids is 2. The summed E-state index contributed by atoms with van der Waals surface area (Å²) in [7, 11) is 0. The van der Waals surface area contributed by atoms with Crippen LogP contribution in [0.15, 0.2) is 53.4 Å². The lowest BCUT2D eigenvalue weighted by Gasteiger charge is -2.15.